The van der Waals surface area contributed by atoms with E-state index in [9.17, 15) is 9.18 Å². The number of ketones is 1. The van der Waals surface area contributed by atoms with E-state index in [1.807, 2.05) is 6.07 Å². The second-order valence-corrected chi connectivity index (χ2v) is 3.68. The summed E-state index contributed by atoms with van der Waals surface area (Å²) >= 11 is 0. The summed E-state index contributed by atoms with van der Waals surface area (Å²) in [6.07, 6.45) is 0. The third kappa shape index (κ3) is 2.20. The van der Waals surface area contributed by atoms with Gasteiger partial charge in [0.05, 0.1) is 11.6 Å². The van der Waals surface area contributed by atoms with E-state index in [0.717, 1.165) is 12.1 Å². The summed E-state index contributed by atoms with van der Waals surface area (Å²) in [5, 5.41) is 17.7. The largest absolute Gasteiger partial charge is 0.505 e. The summed E-state index contributed by atoms with van der Waals surface area (Å²) in [7, 11) is 0. The molecule has 0 unspecified atom stereocenters. The van der Waals surface area contributed by atoms with Crippen molar-refractivity contribution in [2.45, 2.75) is 0 Å². The predicted octanol–water partition coefficient (Wildman–Crippen LogP) is 2.63. The highest BCUT2D eigenvalue weighted by Crippen LogP contribution is 2.18. The molecule has 0 aliphatic heterocycles. The molecule has 3 nitrogen and oxygen atoms in total. The van der Waals surface area contributed by atoms with Gasteiger partial charge in [-0.3, -0.25) is 4.79 Å². The molecule has 0 spiro atoms. The minimum Gasteiger partial charge on any atom is -0.505 e. The van der Waals surface area contributed by atoms with Crippen LogP contribution >= 0.6 is 0 Å². The van der Waals surface area contributed by atoms with Gasteiger partial charge in [-0.15, -0.1) is 0 Å². The van der Waals surface area contributed by atoms with Crippen molar-refractivity contribution in [1.82, 2.24) is 0 Å². The van der Waals surface area contributed by atoms with E-state index in [2.05, 4.69) is 0 Å². The van der Waals surface area contributed by atoms with Crippen LogP contribution in [0.4, 0.5) is 4.39 Å². The highest BCUT2D eigenvalue weighted by molar-refractivity contribution is 6.09. The van der Waals surface area contributed by atoms with Crippen LogP contribution in [0.5, 0.6) is 5.75 Å². The molecule has 0 aliphatic rings. The summed E-state index contributed by atoms with van der Waals surface area (Å²) < 4.78 is 13.1. The van der Waals surface area contributed by atoms with Gasteiger partial charge in [-0.05, 0) is 42.5 Å². The van der Waals surface area contributed by atoms with Crippen molar-refractivity contribution < 1.29 is 14.3 Å². The molecule has 0 amide bonds. The number of rotatable bonds is 2. The van der Waals surface area contributed by atoms with Gasteiger partial charge in [0.1, 0.15) is 0 Å². The number of benzene rings is 2. The van der Waals surface area contributed by atoms with Crippen molar-refractivity contribution in [2.75, 3.05) is 0 Å². The van der Waals surface area contributed by atoms with E-state index in [0.29, 0.717) is 11.1 Å². The normalized spacial score (nSPS) is 9.78. The average molecular weight is 241 g/mol. The van der Waals surface area contributed by atoms with Gasteiger partial charge in [0.15, 0.2) is 17.3 Å². The smallest absolute Gasteiger partial charge is 0.193 e. The van der Waals surface area contributed by atoms with Crippen molar-refractivity contribution in [3.8, 4) is 11.8 Å². The number of nitrogens with zero attached hydrogens (tertiary/aromatic N) is 1. The van der Waals surface area contributed by atoms with Crippen molar-refractivity contribution in [2.24, 2.45) is 0 Å². The molecule has 2 rings (SSSR count). The Balaban J connectivity index is 2.35. The number of carbonyl (C=O) groups is 1. The number of phenolic OH excluding ortho intramolecular Hbond substituents is 1. The molecule has 0 aromatic heterocycles. The van der Waals surface area contributed by atoms with Gasteiger partial charge in [-0.25, -0.2) is 4.39 Å². The molecule has 0 radical (unpaired) electrons. The fraction of sp³-hybridized carbons (Fsp3) is 0. The molecule has 1 N–H and O–H groups in total. The second-order valence-electron chi connectivity index (χ2n) is 3.68. The second kappa shape index (κ2) is 4.68. The minimum atomic E-state index is -0.838. The van der Waals surface area contributed by atoms with Gasteiger partial charge in [-0.1, -0.05) is 0 Å². The summed E-state index contributed by atoms with van der Waals surface area (Å²) in [6.45, 7) is 0. The Labute approximate surface area is 103 Å². The molecular formula is C14H8FNO2. The molecule has 2 aromatic rings. The van der Waals surface area contributed by atoms with Gasteiger partial charge in [0.25, 0.3) is 0 Å². The van der Waals surface area contributed by atoms with Gasteiger partial charge >= 0.3 is 0 Å². The van der Waals surface area contributed by atoms with E-state index < -0.39 is 11.6 Å². The number of hydrogen-bond acceptors (Lipinski definition) is 3. The maximum absolute atomic E-state index is 13.1. The zero-order valence-electron chi connectivity index (χ0n) is 9.22. The number of halogens is 1. The van der Waals surface area contributed by atoms with Crippen LogP contribution < -0.4 is 0 Å². The molecule has 4 heteroatoms. The minimum absolute atomic E-state index is 0.148. The summed E-state index contributed by atoms with van der Waals surface area (Å²) in [5.41, 5.74) is 0.956. The summed E-state index contributed by atoms with van der Waals surface area (Å²) in [6, 6.07) is 11.5. The quantitative estimate of drug-likeness (QED) is 0.822. The van der Waals surface area contributed by atoms with E-state index in [1.165, 1.54) is 30.3 Å². The fourth-order valence-electron chi connectivity index (χ4n) is 1.51. The Hall–Kier alpha value is -2.67. The third-order valence-corrected chi connectivity index (χ3v) is 2.49. The Morgan fingerprint density at radius 1 is 1.11 bits per heavy atom. The van der Waals surface area contributed by atoms with E-state index in [-0.39, 0.29) is 11.3 Å². The van der Waals surface area contributed by atoms with E-state index >= 15 is 0 Å². The SMILES string of the molecule is N#Cc1ccc(C(=O)c2ccc(O)c(F)c2)cc1. The van der Waals surface area contributed by atoms with Crippen LogP contribution in [0.2, 0.25) is 0 Å². The number of carbonyl (C=O) groups excluding carboxylic acids is 1. The lowest BCUT2D eigenvalue weighted by Crippen LogP contribution is -2.01. The first-order valence-electron chi connectivity index (χ1n) is 5.15. The maximum Gasteiger partial charge on any atom is 0.193 e. The Bertz CT molecular complexity index is 642. The van der Waals surface area contributed by atoms with Crippen LogP contribution in [-0.4, -0.2) is 10.9 Å². The molecule has 0 bridgehead atoms. The lowest BCUT2D eigenvalue weighted by Gasteiger charge is -2.02. The van der Waals surface area contributed by atoms with Gasteiger partial charge in [-0.2, -0.15) is 5.26 Å². The number of nitriles is 1. The monoisotopic (exact) mass is 241 g/mol. The first-order chi connectivity index (χ1) is 8.61. The molecule has 0 saturated carbocycles. The van der Waals surface area contributed by atoms with E-state index in [1.54, 1.807) is 0 Å². The molecule has 0 saturated heterocycles. The topological polar surface area (TPSA) is 61.1 Å². The van der Waals surface area contributed by atoms with E-state index in [4.69, 9.17) is 10.4 Å². The van der Waals surface area contributed by atoms with Crippen LogP contribution in [0.25, 0.3) is 0 Å². The molecule has 0 fully saturated rings. The van der Waals surface area contributed by atoms with Crippen LogP contribution in [0.1, 0.15) is 21.5 Å². The first kappa shape index (κ1) is 11.8. The zero-order valence-corrected chi connectivity index (χ0v) is 9.22. The molecular weight excluding hydrogens is 233 g/mol. The average Bonchev–Trinajstić information content (AvgIpc) is 2.41. The van der Waals surface area contributed by atoms with Crippen LogP contribution in [0, 0.1) is 17.1 Å². The molecule has 18 heavy (non-hydrogen) atoms. The molecule has 2 aromatic carbocycles. The maximum atomic E-state index is 13.1. The first-order valence-corrected chi connectivity index (χ1v) is 5.15. The highest BCUT2D eigenvalue weighted by Gasteiger charge is 2.11. The van der Waals surface area contributed by atoms with Crippen LogP contribution in [0.15, 0.2) is 42.5 Å². The lowest BCUT2D eigenvalue weighted by molar-refractivity contribution is 0.103. The van der Waals surface area contributed by atoms with Gasteiger partial charge in [0.2, 0.25) is 0 Å². The predicted molar refractivity (Wildman–Crippen MR) is 62.7 cm³/mol. The van der Waals surface area contributed by atoms with Crippen LogP contribution in [-0.2, 0) is 0 Å². The lowest BCUT2D eigenvalue weighted by atomic mass is 10.0. The number of aromatic hydroxyl groups is 1. The van der Waals surface area contributed by atoms with Crippen molar-refractivity contribution >= 4 is 5.78 Å². The Morgan fingerprint density at radius 2 is 1.72 bits per heavy atom. The molecule has 0 atom stereocenters. The zero-order chi connectivity index (χ0) is 13.1. The van der Waals surface area contributed by atoms with Crippen molar-refractivity contribution in [1.29, 1.82) is 5.26 Å². The number of hydrogen-bond donors (Lipinski definition) is 1. The highest BCUT2D eigenvalue weighted by atomic mass is 19.1. The Morgan fingerprint density at radius 3 is 2.28 bits per heavy atom. The Kier molecular flexibility index (Phi) is 3.07. The fourth-order valence-corrected chi connectivity index (χ4v) is 1.51. The van der Waals surface area contributed by atoms with Crippen LogP contribution in [0.3, 0.4) is 0 Å². The van der Waals surface area contributed by atoms with Crippen molar-refractivity contribution in [3.05, 3.63) is 65.0 Å². The third-order valence-electron chi connectivity index (χ3n) is 2.49. The standard InChI is InChI=1S/C14H8FNO2/c15-12-7-11(5-6-13(12)17)14(18)10-3-1-9(8-16)2-4-10/h1-7,17H. The van der Waals surface area contributed by atoms with Crippen molar-refractivity contribution in [3.63, 3.8) is 0 Å². The van der Waals surface area contributed by atoms with Gasteiger partial charge in [0, 0.05) is 11.1 Å². The summed E-state index contributed by atoms with van der Waals surface area (Å²) in [4.78, 5) is 12.0. The molecule has 0 heterocycles. The number of phenols is 1. The molecule has 0 aliphatic carbocycles. The molecule has 88 valence electrons. The summed E-state index contributed by atoms with van der Waals surface area (Å²) in [5.74, 6) is -1.70. The van der Waals surface area contributed by atoms with Gasteiger partial charge < -0.3 is 5.11 Å².